The van der Waals surface area contributed by atoms with E-state index in [1.54, 1.807) is 0 Å². The molecular formula is C15H24O3. The monoisotopic (exact) mass is 252 g/mol. The van der Waals surface area contributed by atoms with Crippen molar-refractivity contribution in [2.24, 2.45) is 17.8 Å². The van der Waals surface area contributed by atoms with Gasteiger partial charge >= 0.3 is 5.97 Å². The van der Waals surface area contributed by atoms with Gasteiger partial charge in [-0.15, -0.1) is 0 Å². The van der Waals surface area contributed by atoms with Gasteiger partial charge in [0, 0.05) is 13.3 Å². The first-order valence-electron chi connectivity index (χ1n) is 6.78. The fourth-order valence-corrected chi connectivity index (χ4v) is 2.76. The minimum Gasteiger partial charge on any atom is -0.461 e. The van der Waals surface area contributed by atoms with Crippen molar-refractivity contribution < 1.29 is 14.3 Å². The molecule has 0 N–H and O–H groups in total. The summed E-state index contributed by atoms with van der Waals surface area (Å²) in [4.78, 5) is 23.2. The maximum atomic E-state index is 12.0. The van der Waals surface area contributed by atoms with Gasteiger partial charge in [-0.3, -0.25) is 9.59 Å². The molecule has 0 amide bonds. The van der Waals surface area contributed by atoms with Crippen LogP contribution in [0.3, 0.4) is 0 Å². The molecule has 1 saturated carbocycles. The fourth-order valence-electron chi connectivity index (χ4n) is 2.76. The first-order chi connectivity index (χ1) is 8.47. The molecule has 1 rings (SSSR count). The first kappa shape index (κ1) is 14.9. The third-order valence-corrected chi connectivity index (χ3v) is 3.79. The van der Waals surface area contributed by atoms with Gasteiger partial charge in [-0.2, -0.15) is 0 Å². The number of ether oxygens (including phenoxy) is 1. The highest BCUT2D eigenvalue weighted by molar-refractivity contribution is 5.84. The van der Waals surface area contributed by atoms with E-state index in [2.05, 4.69) is 13.0 Å². The lowest BCUT2D eigenvalue weighted by molar-refractivity contribution is -0.154. The highest BCUT2D eigenvalue weighted by Gasteiger charge is 2.41. The SMILES string of the molecule is C/C=C/C[C@@H](C)[C@@H](OC(C)=O)[C@H]1C(=O)CCC1C. The number of Topliss-reactive ketones (excluding diaryl/α,β-unsaturated/α-hetero) is 1. The van der Waals surface area contributed by atoms with E-state index in [0.29, 0.717) is 12.3 Å². The lowest BCUT2D eigenvalue weighted by atomic mass is 9.83. The lowest BCUT2D eigenvalue weighted by Gasteiger charge is -2.30. The number of carbonyl (C=O) groups excluding carboxylic acids is 2. The molecule has 0 aromatic rings. The van der Waals surface area contributed by atoms with Crippen LogP contribution in [0.25, 0.3) is 0 Å². The van der Waals surface area contributed by atoms with E-state index in [1.807, 2.05) is 19.9 Å². The van der Waals surface area contributed by atoms with E-state index in [4.69, 9.17) is 4.74 Å². The molecule has 1 unspecified atom stereocenters. The number of esters is 1. The van der Waals surface area contributed by atoms with E-state index in [9.17, 15) is 9.59 Å². The minimum atomic E-state index is -0.292. The Morgan fingerprint density at radius 3 is 2.67 bits per heavy atom. The largest absolute Gasteiger partial charge is 0.461 e. The molecule has 1 fully saturated rings. The van der Waals surface area contributed by atoms with Crippen molar-refractivity contribution in [2.45, 2.75) is 53.1 Å². The summed E-state index contributed by atoms with van der Waals surface area (Å²) in [5.41, 5.74) is 0. The molecule has 0 aromatic carbocycles. The molecule has 0 aromatic heterocycles. The van der Waals surface area contributed by atoms with Gasteiger partial charge in [-0.05, 0) is 31.6 Å². The van der Waals surface area contributed by atoms with Crippen molar-refractivity contribution in [3.63, 3.8) is 0 Å². The first-order valence-corrected chi connectivity index (χ1v) is 6.78. The van der Waals surface area contributed by atoms with Crippen LogP contribution in [-0.4, -0.2) is 17.9 Å². The summed E-state index contributed by atoms with van der Waals surface area (Å²) in [6.45, 7) is 7.51. The highest BCUT2D eigenvalue weighted by Crippen LogP contribution is 2.36. The summed E-state index contributed by atoms with van der Waals surface area (Å²) in [7, 11) is 0. The molecule has 0 saturated heterocycles. The Kier molecular flexibility index (Phi) is 5.57. The van der Waals surface area contributed by atoms with Gasteiger partial charge in [-0.1, -0.05) is 26.0 Å². The van der Waals surface area contributed by atoms with E-state index >= 15 is 0 Å². The second kappa shape index (κ2) is 6.72. The van der Waals surface area contributed by atoms with Crippen molar-refractivity contribution in [1.29, 1.82) is 0 Å². The van der Waals surface area contributed by atoms with Crippen LogP contribution in [0, 0.1) is 17.8 Å². The zero-order valence-corrected chi connectivity index (χ0v) is 11.8. The van der Waals surface area contributed by atoms with Crippen LogP contribution in [0.2, 0.25) is 0 Å². The normalized spacial score (nSPS) is 27.4. The van der Waals surface area contributed by atoms with E-state index in [1.165, 1.54) is 6.92 Å². The van der Waals surface area contributed by atoms with E-state index in [-0.39, 0.29) is 29.7 Å². The summed E-state index contributed by atoms with van der Waals surface area (Å²) in [5, 5.41) is 0. The summed E-state index contributed by atoms with van der Waals surface area (Å²) in [6.07, 6.45) is 6.15. The Morgan fingerprint density at radius 1 is 1.56 bits per heavy atom. The second-order valence-electron chi connectivity index (χ2n) is 5.36. The van der Waals surface area contributed by atoms with Crippen molar-refractivity contribution in [1.82, 2.24) is 0 Å². The smallest absolute Gasteiger partial charge is 0.302 e. The molecule has 3 heteroatoms. The molecule has 18 heavy (non-hydrogen) atoms. The zero-order valence-electron chi connectivity index (χ0n) is 11.8. The number of ketones is 1. The van der Waals surface area contributed by atoms with Crippen LogP contribution < -0.4 is 0 Å². The molecule has 0 radical (unpaired) electrons. The second-order valence-corrected chi connectivity index (χ2v) is 5.36. The third kappa shape index (κ3) is 3.69. The Hall–Kier alpha value is -1.12. The summed E-state index contributed by atoms with van der Waals surface area (Å²) in [6, 6.07) is 0. The van der Waals surface area contributed by atoms with Gasteiger partial charge in [0.25, 0.3) is 0 Å². The Balaban J connectivity index is 2.82. The number of hydrogen-bond donors (Lipinski definition) is 0. The van der Waals surface area contributed by atoms with Gasteiger partial charge < -0.3 is 4.74 Å². The van der Waals surface area contributed by atoms with Crippen molar-refractivity contribution in [3.05, 3.63) is 12.2 Å². The average molecular weight is 252 g/mol. The lowest BCUT2D eigenvalue weighted by Crippen LogP contribution is -2.37. The van der Waals surface area contributed by atoms with Gasteiger partial charge in [0.2, 0.25) is 0 Å². The molecule has 0 spiro atoms. The Morgan fingerprint density at radius 2 is 2.22 bits per heavy atom. The summed E-state index contributed by atoms with van der Waals surface area (Å²) in [5.74, 6) is 0.337. The van der Waals surface area contributed by atoms with Crippen LogP contribution >= 0.6 is 0 Å². The van der Waals surface area contributed by atoms with E-state index in [0.717, 1.165) is 12.8 Å². The predicted octanol–water partition coefficient (Wildman–Crippen LogP) is 3.14. The van der Waals surface area contributed by atoms with Gasteiger partial charge in [0.1, 0.15) is 11.9 Å². The van der Waals surface area contributed by atoms with Crippen LogP contribution in [0.15, 0.2) is 12.2 Å². The molecule has 1 aliphatic rings. The van der Waals surface area contributed by atoms with Gasteiger partial charge in [0.15, 0.2) is 0 Å². The zero-order chi connectivity index (χ0) is 13.7. The average Bonchev–Trinajstić information content (AvgIpc) is 2.63. The number of carbonyl (C=O) groups is 2. The summed E-state index contributed by atoms with van der Waals surface area (Å²) >= 11 is 0. The number of allylic oxidation sites excluding steroid dienone is 2. The Bertz CT molecular complexity index is 333. The van der Waals surface area contributed by atoms with Crippen LogP contribution in [0.5, 0.6) is 0 Å². The number of rotatable bonds is 5. The molecule has 0 heterocycles. The highest BCUT2D eigenvalue weighted by atomic mass is 16.5. The topological polar surface area (TPSA) is 43.4 Å². The molecule has 3 nitrogen and oxygen atoms in total. The Labute approximate surface area is 110 Å². The quantitative estimate of drug-likeness (QED) is 0.557. The third-order valence-electron chi connectivity index (χ3n) is 3.79. The van der Waals surface area contributed by atoms with E-state index < -0.39 is 0 Å². The maximum Gasteiger partial charge on any atom is 0.302 e. The van der Waals surface area contributed by atoms with Gasteiger partial charge in [-0.25, -0.2) is 0 Å². The molecule has 102 valence electrons. The maximum absolute atomic E-state index is 12.0. The standard InChI is InChI=1S/C15H24O3/c1-5-6-7-11(3)15(18-12(4)16)14-10(2)8-9-13(14)17/h5-6,10-11,14-15H,7-9H2,1-4H3/b6-5+/t10?,11-,14-,15-/m1/s1. The van der Waals surface area contributed by atoms with Crippen molar-refractivity contribution in [3.8, 4) is 0 Å². The van der Waals surface area contributed by atoms with Crippen molar-refractivity contribution in [2.75, 3.05) is 0 Å². The van der Waals surface area contributed by atoms with Crippen LogP contribution in [0.4, 0.5) is 0 Å². The van der Waals surface area contributed by atoms with Crippen LogP contribution in [0.1, 0.15) is 47.0 Å². The molecule has 4 atom stereocenters. The van der Waals surface area contributed by atoms with Crippen molar-refractivity contribution >= 4 is 11.8 Å². The number of hydrogen-bond acceptors (Lipinski definition) is 3. The molecule has 1 aliphatic carbocycles. The molecule has 0 aliphatic heterocycles. The fraction of sp³-hybridized carbons (Fsp3) is 0.733. The van der Waals surface area contributed by atoms with Gasteiger partial charge in [0.05, 0.1) is 5.92 Å². The predicted molar refractivity (Wildman–Crippen MR) is 71.0 cm³/mol. The van der Waals surface area contributed by atoms with Crippen LogP contribution in [-0.2, 0) is 14.3 Å². The minimum absolute atomic E-state index is 0.117. The summed E-state index contributed by atoms with van der Waals surface area (Å²) < 4.78 is 5.44. The molecule has 0 bridgehead atoms. The molecular weight excluding hydrogens is 228 g/mol.